The van der Waals surface area contributed by atoms with Gasteiger partial charge in [-0.05, 0) is 30.0 Å². The van der Waals surface area contributed by atoms with Gasteiger partial charge in [0.2, 0.25) is 5.91 Å². The monoisotopic (exact) mass is 361 g/mol. The largest absolute Gasteiger partial charge is 0.342 e. The highest BCUT2D eigenvalue weighted by molar-refractivity contribution is 5.81. The van der Waals surface area contributed by atoms with Crippen molar-refractivity contribution in [1.29, 1.82) is 0 Å². The first-order valence-corrected chi connectivity index (χ1v) is 9.88. The fourth-order valence-electron chi connectivity index (χ4n) is 4.03. The maximum Gasteiger partial charge on any atom is 0.223 e. The molecule has 1 aromatic heterocycles. The third kappa shape index (κ3) is 3.75. The SMILES string of the molecule is CC(C)Cn1c([C@H]2CC(=O)N(CCc3ccccc3)C2)nc2ccccc21. The second-order valence-corrected chi connectivity index (χ2v) is 7.94. The molecule has 0 saturated carbocycles. The third-order valence-corrected chi connectivity index (χ3v) is 5.32. The van der Waals surface area contributed by atoms with Gasteiger partial charge in [-0.3, -0.25) is 4.79 Å². The van der Waals surface area contributed by atoms with Crippen molar-refractivity contribution >= 4 is 16.9 Å². The standard InChI is InChI=1S/C23H27N3O/c1-17(2)15-26-21-11-7-6-10-20(21)24-23(26)19-14-22(27)25(16-19)13-12-18-8-4-3-5-9-18/h3-11,17,19H,12-16H2,1-2H3/t19-/m0/s1. The molecule has 0 radical (unpaired) electrons. The number of likely N-dealkylation sites (tertiary alicyclic amines) is 1. The van der Waals surface area contributed by atoms with Crippen LogP contribution in [0.1, 0.15) is 37.6 Å². The Kier molecular flexibility index (Phi) is 4.97. The number of carbonyl (C=O) groups excluding carboxylic acids is 1. The predicted octanol–water partition coefficient (Wildman–Crippen LogP) is 4.25. The normalized spacial score (nSPS) is 17.4. The number of hydrogen-bond donors (Lipinski definition) is 0. The minimum Gasteiger partial charge on any atom is -0.342 e. The Hall–Kier alpha value is -2.62. The summed E-state index contributed by atoms with van der Waals surface area (Å²) in [5.74, 6) is 2.03. The summed E-state index contributed by atoms with van der Waals surface area (Å²) >= 11 is 0. The zero-order valence-corrected chi connectivity index (χ0v) is 16.1. The van der Waals surface area contributed by atoms with Crippen LogP contribution in [0.4, 0.5) is 0 Å². The van der Waals surface area contributed by atoms with Crippen molar-refractivity contribution in [3.63, 3.8) is 0 Å². The van der Waals surface area contributed by atoms with E-state index in [9.17, 15) is 4.79 Å². The number of benzene rings is 2. The van der Waals surface area contributed by atoms with Crippen molar-refractivity contribution in [2.24, 2.45) is 5.92 Å². The van der Waals surface area contributed by atoms with Gasteiger partial charge in [-0.2, -0.15) is 0 Å². The average molecular weight is 361 g/mol. The molecule has 1 saturated heterocycles. The molecule has 1 atom stereocenters. The van der Waals surface area contributed by atoms with Gasteiger partial charge >= 0.3 is 0 Å². The summed E-state index contributed by atoms with van der Waals surface area (Å²) in [7, 11) is 0. The summed E-state index contributed by atoms with van der Waals surface area (Å²) in [6, 6.07) is 18.7. The quantitative estimate of drug-likeness (QED) is 0.658. The van der Waals surface area contributed by atoms with Gasteiger partial charge in [-0.15, -0.1) is 0 Å². The zero-order valence-electron chi connectivity index (χ0n) is 16.1. The maximum atomic E-state index is 12.6. The molecular weight excluding hydrogens is 334 g/mol. The van der Waals surface area contributed by atoms with Crippen LogP contribution in [0.5, 0.6) is 0 Å². The summed E-state index contributed by atoms with van der Waals surface area (Å²) in [6.07, 6.45) is 1.47. The minimum absolute atomic E-state index is 0.180. The molecule has 1 aliphatic heterocycles. The van der Waals surface area contributed by atoms with Crippen molar-refractivity contribution < 1.29 is 4.79 Å². The Morgan fingerprint density at radius 1 is 1.07 bits per heavy atom. The number of nitrogens with zero attached hydrogens (tertiary/aromatic N) is 3. The molecule has 140 valence electrons. The van der Waals surface area contributed by atoms with Crippen LogP contribution in [0.15, 0.2) is 54.6 Å². The summed E-state index contributed by atoms with van der Waals surface area (Å²) in [4.78, 5) is 19.5. The number of rotatable bonds is 6. The van der Waals surface area contributed by atoms with Crippen molar-refractivity contribution in [3.8, 4) is 0 Å². The van der Waals surface area contributed by atoms with E-state index in [4.69, 9.17) is 4.98 Å². The van der Waals surface area contributed by atoms with E-state index in [-0.39, 0.29) is 11.8 Å². The Labute approximate surface area is 160 Å². The van der Waals surface area contributed by atoms with Crippen molar-refractivity contribution in [2.45, 2.75) is 39.2 Å². The van der Waals surface area contributed by atoms with Crippen LogP contribution in [-0.4, -0.2) is 33.4 Å². The van der Waals surface area contributed by atoms with Crippen LogP contribution < -0.4 is 0 Å². The van der Waals surface area contributed by atoms with Gasteiger partial charge < -0.3 is 9.47 Å². The fourth-order valence-corrected chi connectivity index (χ4v) is 4.03. The lowest BCUT2D eigenvalue weighted by Gasteiger charge is -2.18. The highest BCUT2D eigenvalue weighted by atomic mass is 16.2. The number of carbonyl (C=O) groups is 1. The van der Waals surface area contributed by atoms with Gasteiger partial charge in [0.15, 0.2) is 0 Å². The fraction of sp³-hybridized carbons (Fsp3) is 0.391. The molecule has 3 aromatic rings. The zero-order chi connectivity index (χ0) is 18.8. The summed E-state index contributed by atoms with van der Waals surface area (Å²) < 4.78 is 2.33. The van der Waals surface area contributed by atoms with E-state index < -0.39 is 0 Å². The van der Waals surface area contributed by atoms with Gasteiger partial charge in [0.1, 0.15) is 5.82 Å². The molecule has 0 aliphatic carbocycles. The molecule has 0 N–H and O–H groups in total. The Morgan fingerprint density at radius 3 is 2.59 bits per heavy atom. The van der Waals surface area contributed by atoms with Crippen LogP contribution >= 0.6 is 0 Å². The van der Waals surface area contributed by atoms with Gasteiger partial charge in [0, 0.05) is 32.0 Å². The lowest BCUT2D eigenvalue weighted by Crippen LogP contribution is -2.27. The van der Waals surface area contributed by atoms with Crippen molar-refractivity contribution in [3.05, 3.63) is 66.0 Å². The number of hydrogen-bond acceptors (Lipinski definition) is 2. The number of para-hydroxylation sites is 2. The Balaban J connectivity index is 1.54. The van der Waals surface area contributed by atoms with Crippen LogP contribution in [0.25, 0.3) is 11.0 Å². The average Bonchev–Trinajstić information content (AvgIpc) is 3.21. The molecule has 27 heavy (non-hydrogen) atoms. The van der Waals surface area contributed by atoms with E-state index in [2.05, 4.69) is 60.9 Å². The van der Waals surface area contributed by atoms with E-state index in [0.29, 0.717) is 12.3 Å². The summed E-state index contributed by atoms with van der Waals surface area (Å²) in [6.45, 7) is 6.94. The van der Waals surface area contributed by atoms with Crippen molar-refractivity contribution in [2.75, 3.05) is 13.1 Å². The van der Waals surface area contributed by atoms with E-state index in [0.717, 1.165) is 37.4 Å². The van der Waals surface area contributed by atoms with Gasteiger partial charge in [0.25, 0.3) is 0 Å². The third-order valence-electron chi connectivity index (χ3n) is 5.32. The minimum atomic E-state index is 0.180. The maximum absolute atomic E-state index is 12.6. The molecule has 2 aromatic carbocycles. The van der Waals surface area contributed by atoms with Crippen LogP contribution in [-0.2, 0) is 17.8 Å². The molecular formula is C23H27N3O. The number of fused-ring (bicyclic) bond motifs is 1. The summed E-state index contributed by atoms with van der Waals surface area (Å²) in [5, 5.41) is 0. The van der Waals surface area contributed by atoms with Gasteiger partial charge in [-0.25, -0.2) is 4.98 Å². The van der Waals surface area contributed by atoms with E-state index in [1.165, 1.54) is 11.1 Å². The highest BCUT2D eigenvalue weighted by Crippen LogP contribution is 2.31. The first-order valence-electron chi connectivity index (χ1n) is 9.88. The van der Waals surface area contributed by atoms with Gasteiger partial charge in [0.05, 0.1) is 11.0 Å². The Bertz CT molecular complexity index is 929. The number of aromatic nitrogens is 2. The number of imidazole rings is 1. The van der Waals surface area contributed by atoms with Crippen molar-refractivity contribution in [1.82, 2.24) is 14.5 Å². The second kappa shape index (κ2) is 7.55. The topological polar surface area (TPSA) is 38.1 Å². The van der Waals surface area contributed by atoms with Crippen LogP contribution in [0.3, 0.4) is 0 Å². The predicted molar refractivity (Wildman–Crippen MR) is 109 cm³/mol. The molecule has 4 heteroatoms. The molecule has 0 spiro atoms. The van der Waals surface area contributed by atoms with Crippen LogP contribution in [0, 0.1) is 5.92 Å². The van der Waals surface area contributed by atoms with Gasteiger partial charge in [-0.1, -0.05) is 56.3 Å². The molecule has 1 fully saturated rings. The molecule has 0 unspecified atom stereocenters. The molecule has 2 heterocycles. The smallest absolute Gasteiger partial charge is 0.223 e. The lowest BCUT2D eigenvalue weighted by molar-refractivity contribution is -0.127. The summed E-state index contributed by atoms with van der Waals surface area (Å²) in [5.41, 5.74) is 3.49. The Morgan fingerprint density at radius 2 is 1.81 bits per heavy atom. The van der Waals surface area contributed by atoms with E-state index >= 15 is 0 Å². The second-order valence-electron chi connectivity index (χ2n) is 7.94. The van der Waals surface area contributed by atoms with E-state index in [1.807, 2.05) is 17.0 Å². The lowest BCUT2D eigenvalue weighted by atomic mass is 10.1. The first-order chi connectivity index (χ1) is 13.1. The highest BCUT2D eigenvalue weighted by Gasteiger charge is 2.33. The number of amides is 1. The molecule has 1 aliphatic rings. The molecule has 4 nitrogen and oxygen atoms in total. The molecule has 0 bridgehead atoms. The van der Waals surface area contributed by atoms with Crippen LogP contribution in [0.2, 0.25) is 0 Å². The first kappa shape index (κ1) is 17.8. The van der Waals surface area contributed by atoms with E-state index in [1.54, 1.807) is 0 Å². The molecule has 4 rings (SSSR count). The molecule has 1 amide bonds.